The standard InChI is InChI=1S/C21H22N4O3S/c1-12-5-15(28-4-3-26)6-13(2)18(12)19-16(7-22)20(24)25-21(17(19)8-23)29-11-14-9-27-10-14/h5-6,14,26H,3-4,9-11H2,1-2H3,(H2,24,25). The lowest BCUT2D eigenvalue weighted by Crippen LogP contribution is -2.29. The highest BCUT2D eigenvalue weighted by molar-refractivity contribution is 7.99. The summed E-state index contributed by atoms with van der Waals surface area (Å²) in [6.45, 7) is 5.32. The number of benzene rings is 1. The quantitative estimate of drug-likeness (QED) is 0.668. The monoisotopic (exact) mass is 410 g/mol. The summed E-state index contributed by atoms with van der Waals surface area (Å²) in [5, 5.41) is 29.2. The van der Waals surface area contributed by atoms with Gasteiger partial charge in [-0.05, 0) is 42.7 Å². The molecule has 1 aliphatic rings. The molecule has 0 radical (unpaired) electrons. The van der Waals surface area contributed by atoms with Gasteiger partial charge in [0.05, 0.1) is 25.4 Å². The number of nitriles is 2. The van der Waals surface area contributed by atoms with Gasteiger partial charge in [-0.1, -0.05) is 0 Å². The molecule has 1 aromatic carbocycles. The highest BCUT2D eigenvalue weighted by Crippen LogP contribution is 2.40. The number of aliphatic hydroxyl groups excluding tert-OH is 1. The maximum absolute atomic E-state index is 9.93. The number of hydrogen-bond acceptors (Lipinski definition) is 8. The second kappa shape index (κ2) is 9.15. The van der Waals surface area contributed by atoms with Gasteiger partial charge in [-0.3, -0.25) is 0 Å². The van der Waals surface area contributed by atoms with Gasteiger partial charge in [0.1, 0.15) is 40.9 Å². The number of hydrogen-bond donors (Lipinski definition) is 2. The van der Waals surface area contributed by atoms with Crippen molar-refractivity contribution in [3.63, 3.8) is 0 Å². The van der Waals surface area contributed by atoms with Crippen LogP contribution >= 0.6 is 11.8 Å². The van der Waals surface area contributed by atoms with Crippen LogP contribution in [-0.2, 0) is 4.74 Å². The topological polar surface area (TPSA) is 125 Å². The Morgan fingerprint density at radius 1 is 1.21 bits per heavy atom. The molecule has 0 amide bonds. The zero-order chi connectivity index (χ0) is 21.0. The molecule has 7 nitrogen and oxygen atoms in total. The highest BCUT2D eigenvalue weighted by Gasteiger charge is 2.25. The number of anilines is 1. The Kier molecular flexibility index (Phi) is 6.60. The number of ether oxygens (including phenoxy) is 2. The van der Waals surface area contributed by atoms with E-state index in [1.54, 1.807) is 0 Å². The maximum atomic E-state index is 9.93. The number of aryl methyl sites for hydroxylation is 2. The number of pyridine rings is 1. The van der Waals surface area contributed by atoms with Gasteiger partial charge in [-0.15, -0.1) is 11.8 Å². The van der Waals surface area contributed by atoms with Gasteiger partial charge >= 0.3 is 0 Å². The number of aliphatic hydroxyl groups is 1. The average molecular weight is 410 g/mol. The Morgan fingerprint density at radius 3 is 2.38 bits per heavy atom. The first-order valence-electron chi connectivity index (χ1n) is 9.19. The third-order valence-corrected chi connectivity index (χ3v) is 5.90. The Bertz CT molecular complexity index is 983. The first-order valence-corrected chi connectivity index (χ1v) is 10.2. The molecule has 1 aromatic heterocycles. The molecule has 3 rings (SSSR count). The van der Waals surface area contributed by atoms with E-state index >= 15 is 0 Å². The SMILES string of the molecule is Cc1cc(OCCO)cc(C)c1-c1c(C#N)c(N)nc(SCC2COC2)c1C#N. The van der Waals surface area contributed by atoms with E-state index in [1.165, 1.54) is 11.8 Å². The molecule has 150 valence electrons. The van der Waals surface area contributed by atoms with Crippen LogP contribution in [0.15, 0.2) is 17.2 Å². The van der Waals surface area contributed by atoms with Crippen LogP contribution in [-0.4, -0.2) is 42.3 Å². The van der Waals surface area contributed by atoms with Crippen molar-refractivity contribution in [2.75, 3.05) is 37.9 Å². The van der Waals surface area contributed by atoms with Crippen LogP contribution in [0, 0.1) is 42.4 Å². The molecule has 29 heavy (non-hydrogen) atoms. The second-order valence-electron chi connectivity index (χ2n) is 6.87. The minimum absolute atomic E-state index is 0.0789. The van der Waals surface area contributed by atoms with Crippen molar-refractivity contribution < 1.29 is 14.6 Å². The molecule has 0 aliphatic carbocycles. The molecule has 8 heteroatoms. The van der Waals surface area contributed by atoms with Gasteiger partial charge < -0.3 is 20.3 Å². The van der Waals surface area contributed by atoms with Crippen LogP contribution in [0.2, 0.25) is 0 Å². The van der Waals surface area contributed by atoms with Crippen molar-refractivity contribution in [1.29, 1.82) is 10.5 Å². The van der Waals surface area contributed by atoms with Crippen molar-refractivity contribution in [3.05, 3.63) is 34.4 Å². The summed E-state index contributed by atoms with van der Waals surface area (Å²) in [5.74, 6) is 1.95. The van der Waals surface area contributed by atoms with Crippen molar-refractivity contribution >= 4 is 17.6 Å². The van der Waals surface area contributed by atoms with Crippen LogP contribution in [0.25, 0.3) is 11.1 Å². The van der Waals surface area contributed by atoms with Gasteiger partial charge in [0.25, 0.3) is 0 Å². The van der Waals surface area contributed by atoms with E-state index in [0.29, 0.717) is 41.0 Å². The molecule has 0 bridgehead atoms. The molecule has 0 unspecified atom stereocenters. The molecule has 1 fully saturated rings. The van der Waals surface area contributed by atoms with Crippen molar-refractivity contribution in [3.8, 4) is 29.0 Å². The summed E-state index contributed by atoms with van der Waals surface area (Å²) >= 11 is 1.47. The fourth-order valence-electron chi connectivity index (χ4n) is 3.30. The zero-order valence-corrected chi connectivity index (χ0v) is 17.2. The van der Waals surface area contributed by atoms with Crippen LogP contribution in [0.1, 0.15) is 22.3 Å². The molecule has 3 N–H and O–H groups in total. The number of aromatic nitrogens is 1. The normalized spacial score (nSPS) is 13.4. The second-order valence-corrected chi connectivity index (χ2v) is 7.88. The summed E-state index contributed by atoms with van der Waals surface area (Å²) in [4.78, 5) is 4.35. The molecule has 0 atom stereocenters. The summed E-state index contributed by atoms with van der Waals surface area (Å²) < 4.78 is 10.7. The van der Waals surface area contributed by atoms with Gasteiger partial charge in [-0.25, -0.2) is 4.98 Å². The molecule has 2 heterocycles. The fourth-order valence-corrected chi connectivity index (χ4v) is 4.34. The number of nitrogens with two attached hydrogens (primary N) is 1. The molecule has 0 spiro atoms. The smallest absolute Gasteiger partial charge is 0.143 e. The summed E-state index contributed by atoms with van der Waals surface area (Å²) in [7, 11) is 0. The van der Waals surface area contributed by atoms with Gasteiger partial charge in [0, 0.05) is 17.2 Å². The van der Waals surface area contributed by atoms with E-state index in [0.717, 1.165) is 22.4 Å². The maximum Gasteiger partial charge on any atom is 0.143 e. The summed E-state index contributed by atoms with van der Waals surface area (Å²) in [6.07, 6.45) is 0. The Morgan fingerprint density at radius 2 is 1.86 bits per heavy atom. The van der Waals surface area contributed by atoms with Crippen LogP contribution < -0.4 is 10.5 Å². The van der Waals surface area contributed by atoms with E-state index in [2.05, 4.69) is 17.1 Å². The summed E-state index contributed by atoms with van der Waals surface area (Å²) in [6, 6.07) is 8.02. The molecular weight excluding hydrogens is 388 g/mol. The lowest BCUT2D eigenvalue weighted by molar-refractivity contribution is -0.0196. The molecular formula is C21H22N4O3S. The molecule has 1 saturated heterocycles. The largest absolute Gasteiger partial charge is 0.491 e. The van der Waals surface area contributed by atoms with E-state index in [1.807, 2.05) is 26.0 Å². The molecule has 0 saturated carbocycles. The van der Waals surface area contributed by atoms with E-state index in [9.17, 15) is 10.5 Å². The van der Waals surface area contributed by atoms with Crippen LogP contribution in [0.5, 0.6) is 5.75 Å². The lowest BCUT2D eigenvalue weighted by atomic mass is 9.90. The van der Waals surface area contributed by atoms with Gasteiger partial charge in [0.15, 0.2) is 0 Å². The Hall–Kier alpha value is -2.78. The highest BCUT2D eigenvalue weighted by atomic mass is 32.2. The summed E-state index contributed by atoms with van der Waals surface area (Å²) in [5.41, 5.74) is 9.65. The fraction of sp³-hybridized carbons (Fsp3) is 0.381. The number of rotatable bonds is 7. The predicted molar refractivity (Wildman–Crippen MR) is 111 cm³/mol. The molecule has 1 aliphatic heterocycles. The minimum atomic E-state index is -0.0789. The van der Waals surface area contributed by atoms with Crippen molar-refractivity contribution in [2.45, 2.75) is 18.9 Å². The molecule has 2 aromatic rings. The van der Waals surface area contributed by atoms with E-state index < -0.39 is 0 Å². The predicted octanol–water partition coefficient (Wildman–Crippen LogP) is 2.80. The van der Waals surface area contributed by atoms with E-state index in [-0.39, 0.29) is 24.6 Å². The average Bonchev–Trinajstić information content (AvgIpc) is 2.64. The number of nitrogen functional groups attached to an aromatic ring is 1. The number of nitrogens with zero attached hydrogens (tertiary/aromatic N) is 3. The first-order chi connectivity index (χ1) is 14.0. The third-order valence-electron chi connectivity index (χ3n) is 4.69. The lowest BCUT2D eigenvalue weighted by Gasteiger charge is -2.25. The Balaban J connectivity index is 2.13. The minimum Gasteiger partial charge on any atom is -0.491 e. The van der Waals surface area contributed by atoms with Gasteiger partial charge in [0.2, 0.25) is 0 Å². The van der Waals surface area contributed by atoms with E-state index in [4.69, 9.17) is 20.3 Å². The van der Waals surface area contributed by atoms with Crippen LogP contribution in [0.3, 0.4) is 0 Å². The van der Waals surface area contributed by atoms with Crippen molar-refractivity contribution in [2.24, 2.45) is 5.92 Å². The van der Waals surface area contributed by atoms with Gasteiger partial charge in [-0.2, -0.15) is 10.5 Å². The third kappa shape index (κ3) is 4.30. The zero-order valence-electron chi connectivity index (χ0n) is 16.4. The Labute approximate surface area is 174 Å². The number of thioether (sulfide) groups is 1. The van der Waals surface area contributed by atoms with Crippen LogP contribution in [0.4, 0.5) is 5.82 Å². The van der Waals surface area contributed by atoms with Crippen molar-refractivity contribution in [1.82, 2.24) is 4.98 Å². The first kappa shape index (κ1) is 20.9.